The molecule has 0 atom stereocenters. The van der Waals surface area contributed by atoms with Crippen molar-refractivity contribution in [3.05, 3.63) is 158 Å². The maximum atomic E-state index is 3.80. The Morgan fingerprint density at radius 2 is 0.844 bits per heavy atom. The van der Waals surface area contributed by atoms with Gasteiger partial charge in [-0.3, -0.25) is 0 Å². The summed E-state index contributed by atoms with van der Waals surface area (Å²) < 4.78 is 0. The largest absolute Gasteiger partial charge is 0.354 e. The molecule has 9 aromatic carbocycles. The molecule has 0 aliphatic rings. The van der Waals surface area contributed by atoms with E-state index in [0.717, 1.165) is 5.52 Å². The van der Waals surface area contributed by atoms with E-state index in [2.05, 4.69) is 163 Å². The van der Waals surface area contributed by atoms with Crippen molar-refractivity contribution in [3.8, 4) is 22.3 Å². The van der Waals surface area contributed by atoms with Crippen LogP contribution >= 0.6 is 0 Å². The van der Waals surface area contributed by atoms with Crippen molar-refractivity contribution >= 4 is 75.7 Å². The van der Waals surface area contributed by atoms with Crippen molar-refractivity contribution in [2.45, 2.75) is 0 Å². The molecule has 0 bridgehead atoms. The first kappa shape index (κ1) is 24.5. The van der Waals surface area contributed by atoms with E-state index in [-0.39, 0.29) is 0 Å². The second-order valence-corrected chi connectivity index (χ2v) is 12.1. The van der Waals surface area contributed by atoms with Gasteiger partial charge in [0.2, 0.25) is 0 Å². The molecule has 10 aromatic rings. The van der Waals surface area contributed by atoms with Gasteiger partial charge in [-0.25, -0.2) is 0 Å². The number of aromatic amines is 1. The van der Waals surface area contributed by atoms with Gasteiger partial charge in [-0.15, -0.1) is 0 Å². The van der Waals surface area contributed by atoms with Crippen molar-refractivity contribution in [3.63, 3.8) is 0 Å². The molecule has 0 amide bonds. The fourth-order valence-corrected chi connectivity index (χ4v) is 7.79. The molecule has 0 unspecified atom stereocenters. The molecular weight excluding hydrogens is 542 g/mol. The predicted molar refractivity (Wildman–Crippen MR) is 194 cm³/mol. The molecule has 1 N–H and O–H groups in total. The van der Waals surface area contributed by atoms with Crippen LogP contribution in [0.2, 0.25) is 0 Å². The lowest BCUT2D eigenvalue weighted by Crippen LogP contribution is -1.92. The zero-order chi connectivity index (χ0) is 29.5. The summed E-state index contributed by atoms with van der Waals surface area (Å²) in [5, 5.41) is 15.3. The van der Waals surface area contributed by atoms with Crippen LogP contribution in [0.4, 0.5) is 0 Å². The number of nitrogens with one attached hydrogen (secondary N) is 1. The van der Waals surface area contributed by atoms with Crippen LogP contribution in [0.1, 0.15) is 0 Å². The molecule has 0 saturated heterocycles. The van der Waals surface area contributed by atoms with E-state index in [4.69, 9.17) is 0 Å². The SMILES string of the molecule is c1ccc2c(c1)cc(-c1c3ccccc3c(-c3ccc4c(c3)[nH]c3c5ccccc5ccc43)c3ccccc13)c1ccccc12. The summed E-state index contributed by atoms with van der Waals surface area (Å²) in [7, 11) is 0. The molecule has 10 rings (SSSR count). The van der Waals surface area contributed by atoms with E-state index in [0.29, 0.717) is 0 Å². The molecule has 1 nitrogen and oxygen atoms in total. The van der Waals surface area contributed by atoms with Gasteiger partial charge in [0.05, 0.1) is 5.52 Å². The maximum Gasteiger partial charge on any atom is 0.0544 e. The van der Waals surface area contributed by atoms with E-state index >= 15 is 0 Å². The Bertz CT molecular complexity index is 2760. The second kappa shape index (κ2) is 9.29. The Kier molecular flexibility index (Phi) is 5.06. The predicted octanol–water partition coefficient (Wildman–Crippen LogP) is 12.4. The summed E-state index contributed by atoms with van der Waals surface area (Å²) in [6, 6.07) is 58.0. The quantitative estimate of drug-likeness (QED) is 0.157. The minimum Gasteiger partial charge on any atom is -0.354 e. The maximum absolute atomic E-state index is 3.80. The molecule has 1 heteroatoms. The van der Waals surface area contributed by atoms with Crippen molar-refractivity contribution in [2.75, 3.05) is 0 Å². The van der Waals surface area contributed by atoms with E-state index in [1.807, 2.05) is 0 Å². The van der Waals surface area contributed by atoms with Gasteiger partial charge < -0.3 is 4.98 Å². The lowest BCUT2D eigenvalue weighted by Gasteiger charge is -2.19. The van der Waals surface area contributed by atoms with Gasteiger partial charge in [0, 0.05) is 21.7 Å². The first-order valence-electron chi connectivity index (χ1n) is 15.6. The average Bonchev–Trinajstić information content (AvgIpc) is 3.49. The van der Waals surface area contributed by atoms with Crippen LogP contribution in [-0.2, 0) is 0 Å². The standard InChI is InChI=1S/C44H27N/c1-4-14-31-27(11-1)21-24-39-34-23-22-29(26-41(34)45-44(31)39)42-35-17-7-9-19-37(35)43(38-20-10-8-18-36(38)42)40-25-28-12-2-3-13-30(28)32-15-5-6-16-33(32)40/h1-26,45H. The van der Waals surface area contributed by atoms with E-state index in [1.54, 1.807) is 0 Å². The number of H-pyrrole nitrogens is 1. The lowest BCUT2D eigenvalue weighted by atomic mass is 9.84. The van der Waals surface area contributed by atoms with Gasteiger partial charge in [0.1, 0.15) is 0 Å². The highest BCUT2D eigenvalue weighted by atomic mass is 14.7. The normalized spacial score (nSPS) is 12.0. The highest BCUT2D eigenvalue weighted by Gasteiger charge is 2.19. The number of aromatic nitrogens is 1. The molecule has 0 aliphatic carbocycles. The summed E-state index contributed by atoms with van der Waals surface area (Å²) >= 11 is 0. The molecule has 0 radical (unpaired) electrons. The lowest BCUT2D eigenvalue weighted by molar-refractivity contribution is 1.56. The van der Waals surface area contributed by atoms with Crippen LogP contribution in [0.25, 0.3) is 97.9 Å². The van der Waals surface area contributed by atoms with Crippen LogP contribution < -0.4 is 0 Å². The second-order valence-electron chi connectivity index (χ2n) is 12.1. The zero-order valence-electron chi connectivity index (χ0n) is 24.5. The van der Waals surface area contributed by atoms with Crippen molar-refractivity contribution < 1.29 is 0 Å². The summed E-state index contributed by atoms with van der Waals surface area (Å²) in [6.07, 6.45) is 0. The van der Waals surface area contributed by atoms with E-state index in [1.165, 1.54) is 92.4 Å². The minimum atomic E-state index is 1.16. The van der Waals surface area contributed by atoms with Crippen LogP contribution in [0, 0.1) is 0 Å². The average molecular weight is 570 g/mol. The fourth-order valence-electron chi connectivity index (χ4n) is 7.79. The number of hydrogen-bond acceptors (Lipinski definition) is 0. The molecule has 208 valence electrons. The Morgan fingerprint density at radius 3 is 1.56 bits per heavy atom. The molecule has 0 fully saturated rings. The Morgan fingerprint density at radius 1 is 0.311 bits per heavy atom. The Hall–Kier alpha value is -5.92. The highest BCUT2D eigenvalue weighted by Crippen LogP contribution is 2.47. The Balaban J connectivity index is 1.31. The molecule has 0 spiro atoms. The van der Waals surface area contributed by atoms with Crippen molar-refractivity contribution in [2.24, 2.45) is 0 Å². The van der Waals surface area contributed by atoms with Crippen molar-refractivity contribution in [1.82, 2.24) is 4.98 Å². The zero-order valence-corrected chi connectivity index (χ0v) is 24.5. The van der Waals surface area contributed by atoms with Gasteiger partial charge >= 0.3 is 0 Å². The molecule has 1 heterocycles. The van der Waals surface area contributed by atoms with Crippen LogP contribution in [0.15, 0.2) is 158 Å². The third-order valence-corrected chi connectivity index (χ3v) is 9.76. The van der Waals surface area contributed by atoms with Gasteiger partial charge in [0.15, 0.2) is 0 Å². The van der Waals surface area contributed by atoms with E-state index < -0.39 is 0 Å². The van der Waals surface area contributed by atoms with E-state index in [9.17, 15) is 0 Å². The van der Waals surface area contributed by atoms with Crippen LogP contribution in [0.5, 0.6) is 0 Å². The molecule has 0 aliphatic heterocycles. The van der Waals surface area contributed by atoms with Crippen molar-refractivity contribution in [1.29, 1.82) is 0 Å². The summed E-state index contributed by atoms with van der Waals surface area (Å²) in [6.45, 7) is 0. The number of fused-ring (bicyclic) bond motifs is 10. The molecular formula is C44H27N. The fraction of sp³-hybridized carbons (Fsp3) is 0. The summed E-state index contributed by atoms with van der Waals surface area (Å²) in [4.78, 5) is 3.80. The number of benzene rings is 9. The summed E-state index contributed by atoms with van der Waals surface area (Å²) in [5.74, 6) is 0. The smallest absolute Gasteiger partial charge is 0.0544 e. The van der Waals surface area contributed by atoms with Gasteiger partial charge in [-0.05, 0) is 82.9 Å². The number of hydrogen-bond donors (Lipinski definition) is 1. The third kappa shape index (κ3) is 3.50. The van der Waals surface area contributed by atoms with Crippen LogP contribution in [-0.4, -0.2) is 4.98 Å². The van der Waals surface area contributed by atoms with Crippen LogP contribution in [0.3, 0.4) is 0 Å². The first-order valence-corrected chi connectivity index (χ1v) is 15.6. The summed E-state index contributed by atoms with van der Waals surface area (Å²) in [5.41, 5.74) is 7.44. The first-order chi connectivity index (χ1) is 22.3. The highest BCUT2D eigenvalue weighted by molar-refractivity contribution is 6.26. The molecule has 45 heavy (non-hydrogen) atoms. The van der Waals surface area contributed by atoms with Gasteiger partial charge in [-0.2, -0.15) is 0 Å². The number of rotatable bonds is 2. The molecule has 0 saturated carbocycles. The monoisotopic (exact) mass is 569 g/mol. The molecule has 1 aromatic heterocycles. The van der Waals surface area contributed by atoms with Gasteiger partial charge in [-0.1, -0.05) is 146 Å². The Labute approximate surface area is 260 Å². The van der Waals surface area contributed by atoms with Gasteiger partial charge in [0.25, 0.3) is 0 Å². The minimum absolute atomic E-state index is 1.16. The third-order valence-electron chi connectivity index (χ3n) is 9.76. The topological polar surface area (TPSA) is 15.8 Å².